The van der Waals surface area contributed by atoms with E-state index in [9.17, 15) is 9.59 Å². The molecule has 114 valence electrons. The summed E-state index contributed by atoms with van der Waals surface area (Å²) in [6, 6.07) is 0. The number of Topliss-reactive ketones (excluding diaryl/α,β-unsaturated/α-hetero) is 2. The fourth-order valence-electron chi connectivity index (χ4n) is 6.10. The van der Waals surface area contributed by atoms with E-state index in [1.165, 1.54) is 12.8 Å². The minimum absolute atomic E-state index is 0.0815. The largest absolute Gasteiger partial charge is 0.300 e. The second kappa shape index (κ2) is 4.30. The quantitative estimate of drug-likeness (QED) is 0.629. The van der Waals surface area contributed by atoms with Gasteiger partial charge >= 0.3 is 0 Å². The highest BCUT2D eigenvalue weighted by atomic mass is 16.1. The Morgan fingerprint density at radius 3 is 2.67 bits per heavy atom. The summed E-state index contributed by atoms with van der Waals surface area (Å²) in [7, 11) is 0. The van der Waals surface area contributed by atoms with E-state index in [-0.39, 0.29) is 10.8 Å². The highest BCUT2D eigenvalue weighted by molar-refractivity contribution is 5.87. The second-order valence-corrected chi connectivity index (χ2v) is 8.39. The molecular weight excluding hydrogens is 260 g/mol. The zero-order chi connectivity index (χ0) is 14.8. The second-order valence-electron chi connectivity index (χ2n) is 8.39. The maximum Gasteiger partial charge on any atom is 0.139 e. The van der Waals surface area contributed by atoms with Crippen molar-refractivity contribution in [1.82, 2.24) is 0 Å². The lowest BCUT2D eigenvalue weighted by molar-refractivity contribution is -0.128. The van der Waals surface area contributed by atoms with Gasteiger partial charge in [-0.25, -0.2) is 0 Å². The van der Waals surface area contributed by atoms with Crippen molar-refractivity contribution in [2.24, 2.45) is 28.6 Å². The number of rotatable bonds is 0. The summed E-state index contributed by atoms with van der Waals surface area (Å²) < 4.78 is 0. The van der Waals surface area contributed by atoms with E-state index < -0.39 is 0 Å². The fourth-order valence-corrected chi connectivity index (χ4v) is 6.10. The third-order valence-electron chi connectivity index (χ3n) is 7.55. The molecule has 0 spiro atoms. The van der Waals surface area contributed by atoms with Crippen LogP contribution in [0.3, 0.4) is 0 Å². The van der Waals surface area contributed by atoms with Crippen molar-refractivity contribution in [3.05, 3.63) is 11.6 Å². The molecule has 21 heavy (non-hydrogen) atoms. The van der Waals surface area contributed by atoms with Crippen LogP contribution in [0.1, 0.15) is 65.2 Å². The van der Waals surface area contributed by atoms with Crippen molar-refractivity contribution in [3.63, 3.8) is 0 Å². The van der Waals surface area contributed by atoms with Crippen LogP contribution >= 0.6 is 0 Å². The highest BCUT2D eigenvalue weighted by Crippen LogP contribution is 2.62. The zero-order valence-corrected chi connectivity index (χ0v) is 13.3. The first-order chi connectivity index (χ1) is 9.95. The smallest absolute Gasteiger partial charge is 0.139 e. The molecule has 5 atom stereocenters. The third kappa shape index (κ3) is 1.71. The van der Waals surface area contributed by atoms with Crippen LogP contribution in [0.4, 0.5) is 0 Å². The molecule has 0 aromatic carbocycles. The van der Waals surface area contributed by atoms with Crippen molar-refractivity contribution in [2.45, 2.75) is 65.2 Å². The monoisotopic (exact) mass is 286 g/mol. The summed E-state index contributed by atoms with van der Waals surface area (Å²) in [5, 5.41) is 0. The van der Waals surface area contributed by atoms with Gasteiger partial charge in [0.15, 0.2) is 0 Å². The van der Waals surface area contributed by atoms with Gasteiger partial charge in [-0.1, -0.05) is 25.5 Å². The molecule has 2 unspecified atom stereocenters. The van der Waals surface area contributed by atoms with E-state index in [1.54, 1.807) is 5.57 Å². The Morgan fingerprint density at radius 1 is 1.05 bits per heavy atom. The van der Waals surface area contributed by atoms with Gasteiger partial charge in [0.1, 0.15) is 11.6 Å². The van der Waals surface area contributed by atoms with Gasteiger partial charge in [0.05, 0.1) is 0 Å². The molecule has 2 heteroatoms. The molecule has 0 aromatic rings. The summed E-state index contributed by atoms with van der Waals surface area (Å²) in [5.74, 6) is 2.70. The lowest BCUT2D eigenvalue weighted by Gasteiger charge is -2.54. The average molecular weight is 286 g/mol. The zero-order valence-electron chi connectivity index (χ0n) is 13.3. The van der Waals surface area contributed by atoms with Crippen LogP contribution in [0.25, 0.3) is 0 Å². The van der Waals surface area contributed by atoms with Gasteiger partial charge in [0.2, 0.25) is 0 Å². The Kier molecular flexibility index (Phi) is 2.81. The standard InChI is InChI=1S/C19H26O2/c1-18-9-7-13(20)11-12(18)3-4-14-15-5-6-17(21)19(15,2)10-8-16(14)18/h8,12,14-15H,3-7,9-11H2,1-2H3/t12-,14?,15?,18+,19+/m1/s1. The molecule has 2 nitrogen and oxygen atoms in total. The van der Waals surface area contributed by atoms with Crippen molar-refractivity contribution >= 4 is 11.6 Å². The Balaban J connectivity index is 1.72. The van der Waals surface area contributed by atoms with Crippen LogP contribution in [0.2, 0.25) is 0 Å². The Labute approximate surface area is 127 Å². The average Bonchev–Trinajstić information content (AvgIpc) is 2.76. The topological polar surface area (TPSA) is 34.1 Å². The summed E-state index contributed by atoms with van der Waals surface area (Å²) in [5.41, 5.74) is 1.79. The first kappa shape index (κ1) is 13.7. The number of carbonyl (C=O) groups is 2. The van der Waals surface area contributed by atoms with E-state index >= 15 is 0 Å². The molecule has 0 N–H and O–H groups in total. The van der Waals surface area contributed by atoms with Crippen molar-refractivity contribution in [1.29, 1.82) is 0 Å². The number of hydrogen-bond acceptors (Lipinski definition) is 2. The molecule has 0 radical (unpaired) electrons. The van der Waals surface area contributed by atoms with Gasteiger partial charge < -0.3 is 0 Å². The SMILES string of the molecule is C[C@]12CC=C3C(CC[C@@H]4CC(=O)CC[C@]34C)C1CCC2=O. The van der Waals surface area contributed by atoms with Crippen LogP contribution in [0.5, 0.6) is 0 Å². The number of carbonyl (C=O) groups excluding carboxylic acids is 2. The van der Waals surface area contributed by atoms with Gasteiger partial charge in [0, 0.05) is 24.7 Å². The van der Waals surface area contributed by atoms with Crippen LogP contribution in [-0.2, 0) is 9.59 Å². The molecule has 4 aliphatic carbocycles. The molecule has 0 aliphatic heterocycles. The van der Waals surface area contributed by atoms with Crippen LogP contribution < -0.4 is 0 Å². The molecule has 0 bridgehead atoms. The van der Waals surface area contributed by atoms with E-state index in [0.717, 1.165) is 38.5 Å². The maximum atomic E-state index is 12.3. The van der Waals surface area contributed by atoms with Crippen LogP contribution in [0, 0.1) is 28.6 Å². The Hall–Kier alpha value is -0.920. The van der Waals surface area contributed by atoms with Gasteiger partial charge in [0.25, 0.3) is 0 Å². The molecule has 4 rings (SSSR count). The maximum absolute atomic E-state index is 12.3. The van der Waals surface area contributed by atoms with E-state index in [4.69, 9.17) is 0 Å². The first-order valence-corrected chi connectivity index (χ1v) is 8.71. The van der Waals surface area contributed by atoms with Gasteiger partial charge in [-0.3, -0.25) is 9.59 Å². The number of allylic oxidation sites excluding steroid dienone is 2. The van der Waals surface area contributed by atoms with Crippen LogP contribution in [-0.4, -0.2) is 11.6 Å². The highest BCUT2D eigenvalue weighted by Gasteiger charge is 2.56. The lowest BCUT2D eigenvalue weighted by atomic mass is 9.49. The Morgan fingerprint density at radius 2 is 1.86 bits per heavy atom. The minimum atomic E-state index is -0.0815. The number of ketones is 2. The van der Waals surface area contributed by atoms with Gasteiger partial charge in [-0.15, -0.1) is 0 Å². The number of hydrogen-bond donors (Lipinski definition) is 0. The molecule has 0 heterocycles. The molecule has 0 aromatic heterocycles. The summed E-state index contributed by atoms with van der Waals surface area (Å²) in [6.07, 6.45) is 10.2. The van der Waals surface area contributed by atoms with Crippen molar-refractivity contribution < 1.29 is 9.59 Å². The van der Waals surface area contributed by atoms with Gasteiger partial charge in [-0.2, -0.15) is 0 Å². The molecular formula is C19H26O2. The molecule has 0 amide bonds. The summed E-state index contributed by atoms with van der Waals surface area (Å²) in [6.45, 7) is 4.61. The van der Waals surface area contributed by atoms with Crippen molar-refractivity contribution in [3.8, 4) is 0 Å². The molecule has 4 aliphatic rings. The molecule has 3 saturated carbocycles. The number of fused-ring (bicyclic) bond motifs is 5. The van der Waals surface area contributed by atoms with Crippen molar-refractivity contribution in [2.75, 3.05) is 0 Å². The normalized spacial score (nSPS) is 49.2. The minimum Gasteiger partial charge on any atom is -0.300 e. The predicted octanol–water partition coefficient (Wildman–Crippen LogP) is 4.09. The van der Waals surface area contributed by atoms with E-state index in [2.05, 4.69) is 19.9 Å². The van der Waals surface area contributed by atoms with E-state index in [0.29, 0.717) is 29.3 Å². The fraction of sp³-hybridized carbons (Fsp3) is 0.789. The lowest BCUT2D eigenvalue weighted by Crippen LogP contribution is -2.48. The Bertz CT molecular complexity index is 546. The third-order valence-corrected chi connectivity index (χ3v) is 7.55. The summed E-state index contributed by atoms with van der Waals surface area (Å²) >= 11 is 0. The molecule has 3 fully saturated rings. The van der Waals surface area contributed by atoms with Gasteiger partial charge in [-0.05, 0) is 55.3 Å². The predicted molar refractivity (Wildman–Crippen MR) is 81.7 cm³/mol. The van der Waals surface area contributed by atoms with Crippen LogP contribution in [0.15, 0.2) is 11.6 Å². The summed E-state index contributed by atoms with van der Waals surface area (Å²) in [4.78, 5) is 24.2. The first-order valence-electron chi connectivity index (χ1n) is 8.71. The van der Waals surface area contributed by atoms with E-state index in [1.807, 2.05) is 0 Å². The molecule has 0 saturated heterocycles.